The van der Waals surface area contributed by atoms with Crippen molar-refractivity contribution in [2.75, 3.05) is 0 Å². The van der Waals surface area contributed by atoms with Gasteiger partial charge in [-0.25, -0.2) is 5.10 Å². The first-order chi connectivity index (χ1) is 10.7. The number of hydrogen-bond donors (Lipinski definition) is 1. The number of nitrogens with one attached hydrogen (secondary N) is 1. The Hall–Kier alpha value is -2.90. The van der Waals surface area contributed by atoms with E-state index >= 15 is 0 Å². The highest BCUT2D eigenvalue weighted by atomic mass is 35.5. The molecule has 0 amide bonds. The van der Waals surface area contributed by atoms with Gasteiger partial charge in [0, 0.05) is 10.4 Å². The van der Waals surface area contributed by atoms with Crippen LogP contribution in [-0.2, 0) is 0 Å². The van der Waals surface area contributed by atoms with Crippen molar-refractivity contribution in [3.63, 3.8) is 0 Å². The van der Waals surface area contributed by atoms with E-state index in [1.54, 1.807) is 36.4 Å². The molecule has 0 atom stereocenters. The molecular weight excluding hydrogens is 298 g/mol. The average molecular weight is 308 g/mol. The summed E-state index contributed by atoms with van der Waals surface area (Å²) in [5, 5.41) is 17.7. The Labute approximate surface area is 131 Å². The Kier molecular flexibility index (Phi) is 3.73. The summed E-state index contributed by atoms with van der Waals surface area (Å²) >= 11 is 5.86. The molecule has 1 aromatic heterocycles. The number of fused-ring (bicyclic) bond motifs is 1. The predicted octanol–water partition coefficient (Wildman–Crippen LogP) is 3.64. The van der Waals surface area contributed by atoms with E-state index in [9.17, 15) is 10.1 Å². The molecule has 0 bridgehead atoms. The van der Waals surface area contributed by atoms with Crippen LogP contribution in [0.5, 0.6) is 0 Å². The molecular formula is C17H10ClN3O. The molecule has 0 saturated carbocycles. The third-order valence-corrected chi connectivity index (χ3v) is 3.50. The first-order valence-electron chi connectivity index (χ1n) is 6.54. The number of hydrogen-bond acceptors (Lipinski definition) is 3. The Morgan fingerprint density at radius 2 is 1.82 bits per heavy atom. The number of H-pyrrole nitrogens is 1. The van der Waals surface area contributed by atoms with Crippen LogP contribution in [0, 0.1) is 11.3 Å². The smallest absolute Gasteiger partial charge is 0.267 e. The van der Waals surface area contributed by atoms with E-state index in [2.05, 4.69) is 16.3 Å². The number of nitrogens with zero attached hydrogens (tertiary/aromatic N) is 2. The molecule has 4 nitrogen and oxygen atoms in total. The summed E-state index contributed by atoms with van der Waals surface area (Å²) < 4.78 is 0. The van der Waals surface area contributed by atoms with Gasteiger partial charge in [-0.1, -0.05) is 41.9 Å². The van der Waals surface area contributed by atoms with E-state index in [1.165, 1.54) is 0 Å². The molecule has 5 heteroatoms. The second kappa shape index (κ2) is 5.84. The van der Waals surface area contributed by atoms with Crippen LogP contribution in [-0.4, -0.2) is 10.2 Å². The molecule has 3 rings (SSSR count). The van der Waals surface area contributed by atoms with E-state index in [0.717, 1.165) is 5.56 Å². The lowest BCUT2D eigenvalue weighted by Crippen LogP contribution is -2.10. The Balaban J connectivity index is 2.20. The highest BCUT2D eigenvalue weighted by Crippen LogP contribution is 2.22. The van der Waals surface area contributed by atoms with E-state index in [0.29, 0.717) is 27.1 Å². The molecule has 1 N–H and O–H groups in total. The fraction of sp³-hybridized carbons (Fsp3) is 0. The molecule has 0 unspecified atom stereocenters. The van der Waals surface area contributed by atoms with Gasteiger partial charge in [-0.3, -0.25) is 4.79 Å². The van der Waals surface area contributed by atoms with Gasteiger partial charge in [-0.15, -0.1) is 0 Å². The number of allylic oxidation sites excluding steroid dienone is 1. The standard InChI is InChI=1S/C17H10ClN3O/c18-13-7-5-11(6-8-13)9-12(10-19)16-14-3-1-2-4-15(14)17(22)21-20-16/h1-9H,(H,21,22)/b12-9-. The summed E-state index contributed by atoms with van der Waals surface area (Å²) in [5.74, 6) is 0. The lowest BCUT2D eigenvalue weighted by molar-refractivity contribution is 0.997. The van der Waals surface area contributed by atoms with Crippen LogP contribution in [0.1, 0.15) is 11.3 Å². The van der Waals surface area contributed by atoms with Crippen LogP contribution in [0.15, 0.2) is 53.3 Å². The van der Waals surface area contributed by atoms with Crippen LogP contribution in [0.2, 0.25) is 5.02 Å². The predicted molar refractivity (Wildman–Crippen MR) is 87.3 cm³/mol. The van der Waals surface area contributed by atoms with Gasteiger partial charge in [0.05, 0.1) is 11.0 Å². The minimum absolute atomic E-state index is 0.275. The van der Waals surface area contributed by atoms with Gasteiger partial charge in [0.2, 0.25) is 0 Å². The second-order valence-electron chi connectivity index (χ2n) is 4.67. The molecule has 0 radical (unpaired) electrons. The van der Waals surface area contributed by atoms with Crippen LogP contribution < -0.4 is 5.56 Å². The Morgan fingerprint density at radius 1 is 1.14 bits per heavy atom. The lowest BCUT2D eigenvalue weighted by Gasteiger charge is -2.03. The fourth-order valence-electron chi connectivity index (χ4n) is 2.20. The highest BCUT2D eigenvalue weighted by molar-refractivity contribution is 6.30. The van der Waals surface area contributed by atoms with E-state index < -0.39 is 0 Å². The van der Waals surface area contributed by atoms with Crippen LogP contribution >= 0.6 is 11.6 Å². The number of halogens is 1. The fourth-order valence-corrected chi connectivity index (χ4v) is 2.33. The van der Waals surface area contributed by atoms with Crippen molar-refractivity contribution in [3.05, 3.63) is 75.2 Å². The molecule has 106 valence electrons. The van der Waals surface area contributed by atoms with Crippen molar-refractivity contribution in [3.8, 4) is 6.07 Å². The average Bonchev–Trinajstić information content (AvgIpc) is 2.55. The van der Waals surface area contributed by atoms with Crippen LogP contribution in [0.25, 0.3) is 22.4 Å². The second-order valence-corrected chi connectivity index (χ2v) is 5.10. The van der Waals surface area contributed by atoms with E-state index in [-0.39, 0.29) is 5.56 Å². The van der Waals surface area contributed by atoms with E-state index in [1.807, 2.05) is 18.2 Å². The molecule has 0 saturated heterocycles. The summed E-state index contributed by atoms with van der Waals surface area (Å²) in [5.41, 5.74) is 1.38. The van der Waals surface area contributed by atoms with Gasteiger partial charge in [0.1, 0.15) is 11.8 Å². The van der Waals surface area contributed by atoms with Gasteiger partial charge in [-0.2, -0.15) is 10.4 Å². The summed E-state index contributed by atoms with van der Waals surface area (Å²) in [6.45, 7) is 0. The van der Waals surface area contributed by atoms with Crippen molar-refractivity contribution in [2.24, 2.45) is 0 Å². The zero-order valence-corrected chi connectivity index (χ0v) is 12.1. The first-order valence-corrected chi connectivity index (χ1v) is 6.92. The van der Waals surface area contributed by atoms with Crippen molar-refractivity contribution < 1.29 is 0 Å². The molecule has 0 spiro atoms. The van der Waals surface area contributed by atoms with Gasteiger partial charge < -0.3 is 0 Å². The zero-order valence-electron chi connectivity index (χ0n) is 11.4. The third-order valence-electron chi connectivity index (χ3n) is 3.25. The van der Waals surface area contributed by atoms with Gasteiger partial charge in [0.25, 0.3) is 5.56 Å². The molecule has 0 aliphatic rings. The highest BCUT2D eigenvalue weighted by Gasteiger charge is 2.10. The number of rotatable bonds is 2. The molecule has 22 heavy (non-hydrogen) atoms. The topological polar surface area (TPSA) is 69.5 Å². The number of aromatic amines is 1. The molecule has 0 aliphatic heterocycles. The molecule has 1 heterocycles. The van der Waals surface area contributed by atoms with Crippen molar-refractivity contribution in [1.82, 2.24) is 10.2 Å². The summed E-state index contributed by atoms with van der Waals surface area (Å²) in [4.78, 5) is 11.8. The maximum Gasteiger partial charge on any atom is 0.272 e. The van der Waals surface area contributed by atoms with Crippen LogP contribution in [0.4, 0.5) is 0 Å². The quantitative estimate of drug-likeness (QED) is 0.735. The Bertz CT molecular complexity index is 966. The maximum absolute atomic E-state index is 11.8. The monoisotopic (exact) mass is 307 g/mol. The minimum atomic E-state index is -0.275. The largest absolute Gasteiger partial charge is 0.272 e. The normalized spacial score (nSPS) is 11.4. The number of benzene rings is 2. The van der Waals surface area contributed by atoms with Crippen molar-refractivity contribution in [1.29, 1.82) is 5.26 Å². The maximum atomic E-state index is 11.8. The zero-order chi connectivity index (χ0) is 15.5. The minimum Gasteiger partial charge on any atom is -0.267 e. The van der Waals surface area contributed by atoms with Gasteiger partial charge in [0.15, 0.2) is 0 Å². The molecule has 2 aromatic carbocycles. The summed E-state index contributed by atoms with van der Waals surface area (Å²) in [7, 11) is 0. The number of nitriles is 1. The molecule has 0 aliphatic carbocycles. The van der Waals surface area contributed by atoms with Crippen LogP contribution in [0.3, 0.4) is 0 Å². The summed E-state index contributed by atoms with van der Waals surface area (Å²) in [6.07, 6.45) is 1.71. The van der Waals surface area contributed by atoms with E-state index in [4.69, 9.17) is 11.6 Å². The van der Waals surface area contributed by atoms with Gasteiger partial charge in [-0.05, 0) is 29.8 Å². The molecule has 3 aromatic rings. The Morgan fingerprint density at radius 3 is 2.50 bits per heavy atom. The molecule has 0 fully saturated rings. The van der Waals surface area contributed by atoms with Gasteiger partial charge >= 0.3 is 0 Å². The third kappa shape index (κ3) is 2.62. The van der Waals surface area contributed by atoms with Crippen molar-refractivity contribution >= 4 is 34.0 Å². The lowest BCUT2D eigenvalue weighted by atomic mass is 10.0. The first kappa shape index (κ1) is 14.1. The SMILES string of the molecule is N#C/C(=C/c1ccc(Cl)cc1)c1n[nH]c(=O)c2ccccc12. The summed E-state index contributed by atoms with van der Waals surface area (Å²) in [6, 6.07) is 16.3. The number of aromatic nitrogens is 2. The van der Waals surface area contributed by atoms with Crippen molar-refractivity contribution in [2.45, 2.75) is 0 Å².